The second kappa shape index (κ2) is 6.02. The van der Waals surface area contributed by atoms with Crippen molar-refractivity contribution in [3.05, 3.63) is 0 Å². The Balaban J connectivity index is 1.71. The van der Waals surface area contributed by atoms with E-state index in [1.54, 1.807) is 0 Å². The highest BCUT2D eigenvalue weighted by atomic mass is 15.1. The molecule has 0 aliphatic heterocycles. The maximum atomic E-state index is 6.22. The van der Waals surface area contributed by atoms with E-state index >= 15 is 0 Å². The van der Waals surface area contributed by atoms with Gasteiger partial charge in [-0.2, -0.15) is 0 Å². The SMILES string of the molecule is CN(CCC1CCCC1)C1CCCCC1N. The summed E-state index contributed by atoms with van der Waals surface area (Å²) in [4.78, 5) is 2.54. The monoisotopic (exact) mass is 224 g/mol. The molecule has 2 saturated carbocycles. The Morgan fingerprint density at radius 3 is 2.31 bits per heavy atom. The Morgan fingerprint density at radius 1 is 1.00 bits per heavy atom. The average Bonchev–Trinajstić information content (AvgIpc) is 2.79. The van der Waals surface area contributed by atoms with Gasteiger partial charge in [0.05, 0.1) is 0 Å². The molecule has 2 fully saturated rings. The fraction of sp³-hybridized carbons (Fsp3) is 1.00. The zero-order chi connectivity index (χ0) is 11.4. The molecule has 2 aliphatic carbocycles. The largest absolute Gasteiger partial charge is 0.326 e. The molecule has 0 spiro atoms. The van der Waals surface area contributed by atoms with Crippen molar-refractivity contribution in [3.63, 3.8) is 0 Å². The third-order valence-electron chi connectivity index (χ3n) is 4.71. The van der Waals surface area contributed by atoms with Crippen molar-refractivity contribution in [3.8, 4) is 0 Å². The maximum Gasteiger partial charge on any atom is 0.0244 e. The standard InChI is InChI=1S/C14H28N2/c1-16(11-10-12-6-2-3-7-12)14-9-5-4-8-13(14)15/h12-14H,2-11,15H2,1H3. The molecule has 2 aliphatic rings. The van der Waals surface area contributed by atoms with E-state index in [0.717, 1.165) is 5.92 Å². The second-order valence-corrected chi connectivity index (χ2v) is 5.94. The Kier molecular flexibility index (Phi) is 4.66. The van der Waals surface area contributed by atoms with Gasteiger partial charge < -0.3 is 10.6 Å². The molecule has 2 heteroatoms. The van der Waals surface area contributed by atoms with Crippen LogP contribution in [-0.2, 0) is 0 Å². The molecular formula is C14H28N2. The molecule has 2 atom stereocenters. The van der Waals surface area contributed by atoms with Crippen LogP contribution in [0.5, 0.6) is 0 Å². The molecule has 0 aromatic heterocycles. The van der Waals surface area contributed by atoms with E-state index in [1.807, 2.05) is 0 Å². The number of likely N-dealkylation sites (N-methyl/N-ethyl adjacent to an activating group) is 1. The van der Waals surface area contributed by atoms with Gasteiger partial charge in [0, 0.05) is 12.1 Å². The van der Waals surface area contributed by atoms with Crippen LogP contribution in [0.4, 0.5) is 0 Å². The quantitative estimate of drug-likeness (QED) is 0.795. The van der Waals surface area contributed by atoms with E-state index in [1.165, 1.54) is 64.3 Å². The summed E-state index contributed by atoms with van der Waals surface area (Å²) in [6.07, 6.45) is 12.6. The van der Waals surface area contributed by atoms with Crippen molar-refractivity contribution in [2.45, 2.75) is 69.9 Å². The molecule has 0 saturated heterocycles. The van der Waals surface area contributed by atoms with Gasteiger partial charge in [-0.05, 0) is 38.8 Å². The van der Waals surface area contributed by atoms with Crippen LogP contribution in [0, 0.1) is 5.92 Å². The highest BCUT2D eigenvalue weighted by molar-refractivity contribution is 4.85. The predicted octanol–water partition coefficient (Wildman–Crippen LogP) is 2.77. The summed E-state index contributed by atoms with van der Waals surface area (Å²) in [6.45, 7) is 1.27. The lowest BCUT2D eigenvalue weighted by Crippen LogP contribution is -2.48. The minimum Gasteiger partial charge on any atom is -0.326 e. The lowest BCUT2D eigenvalue weighted by atomic mass is 9.89. The van der Waals surface area contributed by atoms with Gasteiger partial charge in [0.25, 0.3) is 0 Å². The van der Waals surface area contributed by atoms with Crippen LogP contribution in [0.15, 0.2) is 0 Å². The van der Waals surface area contributed by atoms with Crippen LogP contribution in [0.2, 0.25) is 0 Å². The molecule has 2 unspecified atom stereocenters. The molecule has 0 aromatic carbocycles. The van der Waals surface area contributed by atoms with Gasteiger partial charge in [0.15, 0.2) is 0 Å². The molecule has 0 bridgehead atoms. The number of hydrogen-bond donors (Lipinski definition) is 1. The number of nitrogens with zero attached hydrogens (tertiary/aromatic N) is 1. The molecule has 0 radical (unpaired) electrons. The smallest absolute Gasteiger partial charge is 0.0244 e. The van der Waals surface area contributed by atoms with Gasteiger partial charge >= 0.3 is 0 Å². The van der Waals surface area contributed by atoms with E-state index in [0.29, 0.717) is 12.1 Å². The van der Waals surface area contributed by atoms with Gasteiger partial charge in [-0.3, -0.25) is 0 Å². The predicted molar refractivity (Wildman–Crippen MR) is 69.4 cm³/mol. The molecular weight excluding hydrogens is 196 g/mol. The van der Waals surface area contributed by atoms with E-state index in [2.05, 4.69) is 11.9 Å². The summed E-state index contributed by atoms with van der Waals surface area (Å²) in [5.74, 6) is 1.02. The highest BCUT2D eigenvalue weighted by Crippen LogP contribution is 2.28. The fourth-order valence-corrected chi connectivity index (χ4v) is 3.54. The van der Waals surface area contributed by atoms with E-state index < -0.39 is 0 Å². The van der Waals surface area contributed by atoms with Crippen molar-refractivity contribution in [2.75, 3.05) is 13.6 Å². The van der Waals surface area contributed by atoms with Crippen LogP contribution in [0.1, 0.15) is 57.8 Å². The summed E-state index contributed by atoms with van der Waals surface area (Å²) in [6, 6.07) is 1.09. The number of rotatable bonds is 4. The molecule has 0 amide bonds. The summed E-state index contributed by atoms with van der Waals surface area (Å²) in [5, 5.41) is 0. The van der Waals surface area contributed by atoms with Gasteiger partial charge in [-0.25, -0.2) is 0 Å². The summed E-state index contributed by atoms with van der Waals surface area (Å²) in [7, 11) is 2.28. The number of nitrogens with two attached hydrogens (primary N) is 1. The van der Waals surface area contributed by atoms with Crippen molar-refractivity contribution in [1.82, 2.24) is 4.90 Å². The molecule has 16 heavy (non-hydrogen) atoms. The normalized spacial score (nSPS) is 32.4. The van der Waals surface area contributed by atoms with Crippen molar-refractivity contribution >= 4 is 0 Å². The molecule has 94 valence electrons. The zero-order valence-electron chi connectivity index (χ0n) is 10.8. The zero-order valence-corrected chi connectivity index (χ0v) is 10.8. The van der Waals surface area contributed by atoms with Gasteiger partial charge in [-0.15, -0.1) is 0 Å². The highest BCUT2D eigenvalue weighted by Gasteiger charge is 2.25. The maximum absolute atomic E-state index is 6.22. The summed E-state index contributed by atoms with van der Waals surface area (Å²) in [5.41, 5.74) is 6.22. The first-order chi connectivity index (χ1) is 7.77. The minimum atomic E-state index is 0.433. The number of hydrogen-bond acceptors (Lipinski definition) is 2. The van der Waals surface area contributed by atoms with Crippen LogP contribution in [0.25, 0.3) is 0 Å². The molecule has 2 rings (SSSR count). The van der Waals surface area contributed by atoms with Crippen LogP contribution in [0.3, 0.4) is 0 Å². The third-order valence-corrected chi connectivity index (χ3v) is 4.71. The van der Waals surface area contributed by atoms with Crippen LogP contribution < -0.4 is 5.73 Å². The van der Waals surface area contributed by atoms with Crippen molar-refractivity contribution in [1.29, 1.82) is 0 Å². The van der Waals surface area contributed by atoms with Gasteiger partial charge in [-0.1, -0.05) is 38.5 Å². The van der Waals surface area contributed by atoms with Crippen molar-refractivity contribution in [2.24, 2.45) is 11.7 Å². The first kappa shape index (κ1) is 12.4. The molecule has 0 heterocycles. The fourth-order valence-electron chi connectivity index (χ4n) is 3.54. The van der Waals surface area contributed by atoms with Crippen molar-refractivity contribution < 1.29 is 0 Å². The van der Waals surface area contributed by atoms with Gasteiger partial charge in [0.2, 0.25) is 0 Å². The van der Waals surface area contributed by atoms with Crippen LogP contribution >= 0.6 is 0 Å². The lowest BCUT2D eigenvalue weighted by Gasteiger charge is -2.36. The minimum absolute atomic E-state index is 0.433. The molecule has 2 nitrogen and oxygen atoms in total. The van der Waals surface area contributed by atoms with E-state index in [4.69, 9.17) is 5.73 Å². The first-order valence-electron chi connectivity index (χ1n) is 7.23. The van der Waals surface area contributed by atoms with Gasteiger partial charge in [0.1, 0.15) is 0 Å². The Bertz CT molecular complexity index is 199. The van der Waals surface area contributed by atoms with Crippen LogP contribution in [-0.4, -0.2) is 30.6 Å². The van der Waals surface area contributed by atoms with E-state index in [9.17, 15) is 0 Å². The third kappa shape index (κ3) is 3.21. The first-order valence-corrected chi connectivity index (χ1v) is 7.23. The Morgan fingerprint density at radius 2 is 1.62 bits per heavy atom. The molecule has 2 N–H and O–H groups in total. The average molecular weight is 224 g/mol. The molecule has 0 aromatic rings. The lowest BCUT2D eigenvalue weighted by molar-refractivity contribution is 0.160. The Hall–Kier alpha value is -0.0800. The van der Waals surface area contributed by atoms with E-state index in [-0.39, 0.29) is 0 Å². The summed E-state index contributed by atoms with van der Waals surface area (Å²) >= 11 is 0. The summed E-state index contributed by atoms with van der Waals surface area (Å²) < 4.78 is 0. The second-order valence-electron chi connectivity index (χ2n) is 5.94. The topological polar surface area (TPSA) is 29.3 Å². The Labute approximate surface area is 101 Å².